The second-order valence-electron chi connectivity index (χ2n) is 6.06. The zero-order valence-electron chi connectivity index (χ0n) is 15.9. The molecule has 0 aliphatic heterocycles. The summed E-state index contributed by atoms with van der Waals surface area (Å²) < 4.78 is 5.38. The molecule has 0 spiro atoms. The third kappa shape index (κ3) is 6.96. The van der Waals surface area contributed by atoms with Crippen LogP contribution in [0.5, 0.6) is 5.75 Å². The second-order valence-corrected chi connectivity index (χ2v) is 6.91. The van der Waals surface area contributed by atoms with Crippen molar-refractivity contribution >= 4 is 35.0 Å². The fourth-order valence-electron chi connectivity index (χ4n) is 2.56. The Morgan fingerprint density at radius 1 is 1.00 bits per heavy atom. The lowest BCUT2D eigenvalue weighted by molar-refractivity contribution is -0.862. The lowest BCUT2D eigenvalue weighted by atomic mass is 10.3. The van der Waals surface area contributed by atoms with E-state index in [0.29, 0.717) is 12.3 Å². The highest BCUT2D eigenvalue weighted by atomic mass is 32.2. The molecule has 0 bridgehead atoms. The summed E-state index contributed by atoms with van der Waals surface area (Å²) in [6.07, 6.45) is 1.97. The maximum atomic E-state index is 12.2. The Bertz CT molecular complexity index is 765. The number of carbonyl (C=O) groups is 2. The predicted molar refractivity (Wildman–Crippen MR) is 110 cm³/mol. The second kappa shape index (κ2) is 10.6. The lowest BCUT2D eigenvalue weighted by Crippen LogP contribution is -3.11. The molecule has 2 amide bonds. The summed E-state index contributed by atoms with van der Waals surface area (Å²) in [6, 6.07) is 14.9. The van der Waals surface area contributed by atoms with Crippen molar-refractivity contribution in [2.24, 2.45) is 0 Å². The van der Waals surface area contributed by atoms with Gasteiger partial charge in [0, 0.05) is 10.6 Å². The van der Waals surface area contributed by atoms with Crippen LogP contribution >= 0.6 is 11.8 Å². The van der Waals surface area contributed by atoms with Crippen molar-refractivity contribution in [1.82, 2.24) is 0 Å². The minimum Gasteiger partial charge on any atom is -0.494 e. The third-order valence-electron chi connectivity index (χ3n) is 3.75. The van der Waals surface area contributed by atoms with E-state index in [-0.39, 0.29) is 24.9 Å². The molecule has 3 N–H and O–H groups in total. The average molecular weight is 389 g/mol. The van der Waals surface area contributed by atoms with Gasteiger partial charge in [0.15, 0.2) is 13.1 Å². The number of quaternary nitrogens is 1. The minimum absolute atomic E-state index is 0.122. The smallest absolute Gasteiger partial charge is 0.279 e. The molecule has 7 heteroatoms. The van der Waals surface area contributed by atoms with Gasteiger partial charge in [0.05, 0.1) is 19.3 Å². The zero-order chi connectivity index (χ0) is 19.6. The molecule has 1 atom stereocenters. The van der Waals surface area contributed by atoms with E-state index >= 15 is 0 Å². The fourth-order valence-corrected chi connectivity index (χ4v) is 3.11. The van der Waals surface area contributed by atoms with Gasteiger partial charge in [-0.15, -0.1) is 11.8 Å². The third-order valence-corrected chi connectivity index (χ3v) is 4.55. The number of likely N-dealkylation sites (N-methyl/N-ethyl adjacent to an activating group) is 1. The monoisotopic (exact) mass is 388 g/mol. The number of carbonyl (C=O) groups excluding carboxylic acids is 2. The number of anilines is 2. The SMILES string of the molecule is CCOc1ccc(NC(=O)C[NH+](C)CC(=O)Nc2ccccc2SC)cc1. The van der Waals surface area contributed by atoms with Gasteiger partial charge < -0.3 is 20.3 Å². The molecule has 0 fully saturated rings. The van der Waals surface area contributed by atoms with Crippen LogP contribution in [0.15, 0.2) is 53.4 Å². The normalized spacial score (nSPS) is 11.5. The molecule has 0 saturated heterocycles. The summed E-state index contributed by atoms with van der Waals surface area (Å²) in [6.45, 7) is 2.93. The van der Waals surface area contributed by atoms with Crippen molar-refractivity contribution in [3.05, 3.63) is 48.5 Å². The summed E-state index contributed by atoms with van der Waals surface area (Å²) in [5.74, 6) is 0.497. The van der Waals surface area contributed by atoms with Gasteiger partial charge in [-0.25, -0.2) is 0 Å². The van der Waals surface area contributed by atoms with Crippen LogP contribution < -0.4 is 20.3 Å². The first-order valence-corrected chi connectivity index (χ1v) is 10.0. The van der Waals surface area contributed by atoms with E-state index in [4.69, 9.17) is 4.74 Å². The topological polar surface area (TPSA) is 71.9 Å². The summed E-state index contributed by atoms with van der Waals surface area (Å²) in [4.78, 5) is 26.2. The molecule has 0 aliphatic carbocycles. The number of hydrogen-bond donors (Lipinski definition) is 3. The highest BCUT2D eigenvalue weighted by Gasteiger charge is 2.15. The fraction of sp³-hybridized carbons (Fsp3) is 0.300. The van der Waals surface area contributed by atoms with Gasteiger partial charge in [0.1, 0.15) is 5.75 Å². The van der Waals surface area contributed by atoms with Crippen LogP contribution in [-0.2, 0) is 9.59 Å². The molecule has 27 heavy (non-hydrogen) atoms. The van der Waals surface area contributed by atoms with Crippen LogP contribution in [-0.4, -0.2) is 44.8 Å². The molecule has 0 radical (unpaired) electrons. The number of thioether (sulfide) groups is 1. The van der Waals surface area contributed by atoms with Crippen molar-refractivity contribution in [3.63, 3.8) is 0 Å². The average Bonchev–Trinajstić information content (AvgIpc) is 2.63. The molecular formula is C20H26N3O3S+. The summed E-state index contributed by atoms with van der Waals surface area (Å²) in [5.41, 5.74) is 1.50. The summed E-state index contributed by atoms with van der Waals surface area (Å²) in [5, 5.41) is 5.74. The van der Waals surface area contributed by atoms with Crippen LogP contribution in [0.25, 0.3) is 0 Å². The van der Waals surface area contributed by atoms with E-state index in [0.717, 1.165) is 21.2 Å². The van der Waals surface area contributed by atoms with Crippen LogP contribution in [0, 0.1) is 0 Å². The van der Waals surface area contributed by atoms with E-state index in [1.165, 1.54) is 0 Å². The van der Waals surface area contributed by atoms with Crippen LogP contribution in [0.3, 0.4) is 0 Å². The first kappa shape index (κ1) is 20.8. The number of ether oxygens (including phenoxy) is 1. The number of benzene rings is 2. The van der Waals surface area contributed by atoms with Crippen molar-refractivity contribution in [2.75, 3.05) is 43.6 Å². The van der Waals surface area contributed by atoms with Gasteiger partial charge in [0.2, 0.25) is 0 Å². The van der Waals surface area contributed by atoms with E-state index in [9.17, 15) is 9.59 Å². The number of para-hydroxylation sites is 1. The molecule has 0 aromatic heterocycles. The standard InChI is InChI=1S/C20H25N3O3S/c1-4-26-16-11-9-15(10-12-16)21-19(24)13-23(2)14-20(25)22-17-7-5-6-8-18(17)27-3/h5-12H,4,13-14H2,1-3H3,(H,21,24)(H,22,25)/p+1. The Hall–Kier alpha value is -2.51. The Morgan fingerprint density at radius 3 is 2.26 bits per heavy atom. The summed E-state index contributed by atoms with van der Waals surface area (Å²) >= 11 is 1.58. The molecule has 2 rings (SSSR count). The quantitative estimate of drug-likeness (QED) is 0.574. The molecule has 2 aromatic rings. The van der Waals surface area contributed by atoms with Crippen LogP contribution in [0.2, 0.25) is 0 Å². The predicted octanol–water partition coefficient (Wildman–Crippen LogP) is 1.90. The first-order valence-electron chi connectivity index (χ1n) is 8.78. The van der Waals surface area contributed by atoms with E-state index < -0.39 is 0 Å². The van der Waals surface area contributed by atoms with Crippen LogP contribution in [0.1, 0.15) is 6.92 Å². The van der Waals surface area contributed by atoms with Gasteiger partial charge in [-0.05, 0) is 49.6 Å². The molecular weight excluding hydrogens is 362 g/mol. The largest absolute Gasteiger partial charge is 0.494 e. The Balaban J connectivity index is 1.81. The molecule has 0 aliphatic rings. The van der Waals surface area contributed by atoms with Crippen LogP contribution in [0.4, 0.5) is 11.4 Å². The van der Waals surface area contributed by atoms with Crippen molar-refractivity contribution in [2.45, 2.75) is 11.8 Å². The zero-order valence-corrected chi connectivity index (χ0v) is 16.7. The Morgan fingerprint density at radius 2 is 1.63 bits per heavy atom. The van der Waals surface area contributed by atoms with Gasteiger partial charge in [0.25, 0.3) is 11.8 Å². The molecule has 144 valence electrons. The summed E-state index contributed by atoms with van der Waals surface area (Å²) in [7, 11) is 1.82. The highest BCUT2D eigenvalue weighted by Crippen LogP contribution is 2.24. The minimum atomic E-state index is -0.144. The van der Waals surface area contributed by atoms with E-state index in [1.807, 2.05) is 56.6 Å². The number of amides is 2. The van der Waals surface area contributed by atoms with Gasteiger partial charge in [-0.1, -0.05) is 12.1 Å². The molecule has 2 aromatic carbocycles. The van der Waals surface area contributed by atoms with Crippen molar-refractivity contribution in [3.8, 4) is 5.75 Å². The number of nitrogens with one attached hydrogen (secondary N) is 3. The van der Waals surface area contributed by atoms with Gasteiger partial charge >= 0.3 is 0 Å². The molecule has 1 unspecified atom stereocenters. The van der Waals surface area contributed by atoms with Crippen molar-refractivity contribution in [1.29, 1.82) is 0 Å². The molecule has 6 nitrogen and oxygen atoms in total. The molecule has 0 saturated carbocycles. The van der Waals surface area contributed by atoms with E-state index in [1.54, 1.807) is 23.9 Å². The number of rotatable bonds is 9. The Labute approximate surface area is 164 Å². The lowest BCUT2D eigenvalue weighted by Gasteiger charge is -2.15. The maximum Gasteiger partial charge on any atom is 0.279 e. The first-order chi connectivity index (χ1) is 13.0. The number of hydrogen-bond acceptors (Lipinski definition) is 4. The van der Waals surface area contributed by atoms with Gasteiger partial charge in [-0.2, -0.15) is 0 Å². The maximum absolute atomic E-state index is 12.2. The molecule has 0 heterocycles. The van der Waals surface area contributed by atoms with Crippen molar-refractivity contribution < 1.29 is 19.2 Å². The Kier molecular flexibility index (Phi) is 8.16. The van der Waals surface area contributed by atoms with E-state index in [2.05, 4.69) is 10.6 Å². The van der Waals surface area contributed by atoms with Gasteiger partial charge in [-0.3, -0.25) is 9.59 Å². The highest BCUT2D eigenvalue weighted by molar-refractivity contribution is 7.98.